The van der Waals surface area contributed by atoms with Crippen molar-refractivity contribution in [1.29, 1.82) is 0 Å². The first kappa shape index (κ1) is 14.1. The molecule has 2 N–H and O–H groups in total. The lowest BCUT2D eigenvalue weighted by atomic mass is 10.0. The number of nitrogens with zero attached hydrogens (tertiary/aromatic N) is 1. The predicted molar refractivity (Wildman–Crippen MR) is 77.6 cm³/mol. The zero-order chi connectivity index (χ0) is 13.7. The number of rotatable bonds is 7. The predicted octanol–water partition coefficient (Wildman–Crippen LogP) is 2.34. The molecule has 2 rings (SSSR count). The summed E-state index contributed by atoms with van der Waals surface area (Å²) >= 11 is 0. The second-order valence-electron chi connectivity index (χ2n) is 5.43. The maximum absolute atomic E-state index is 12.4. The Kier molecular flexibility index (Phi) is 4.97. The Bertz CT molecular complexity index is 427. The number of carbonyl (C=O) groups is 1. The summed E-state index contributed by atoms with van der Waals surface area (Å²) < 4.78 is 0. The second-order valence-corrected chi connectivity index (χ2v) is 5.43. The highest BCUT2D eigenvalue weighted by Gasteiger charge is 2.26. The molecule has 0 radical (unpaired) electrons. The van der Waals surface area contributed by atoms with Crippen molar-refractivity contribution in [3.63, 3.8) is 0 Å². The highest BCUT2D eigenvalue weighted by molar-refractivity contribution is 5.79. The summed E-state index contributed by atoms with van der Waals surface area (Å²) in [5, 5.41) is 0. The lowest BCUT2D eigenvalue weighted by Crippen LogP contribution is -2.35. The molecule has 0 unspecified atom stereocenters. The van der Waals surface area contributed by atoms with E-state index >= 15 is 0 Å². The summed E-state index contributed by atoms with van der Waals surface area (Å²) in [5.74, 6) is 0.995. The fraction of sp³-hybridized carbons (Fsp3) is 0.562. The van der Waals surface area contributed by atoms with E-state index < -0.39 is 0 Å². The molecular weight excluding hydrogens is 236 g/mol. The number of nitrogens with two attached hydrogens (primary N) is 1. The Morgan fingerprint density at radius 1 is 1.32 bits per heavy atom. The van der Waals surface area contributed by atoms with Crippen LogP contribution in [0.4, 0.5) is 0 Å². The SMILES string of the molecule is CCCN(CC1CC1)C(=O)Cc1ccccc1CN. The summed E-state index contributed by atoms with van der Waals surface area (Å²) in [7, 11) is 0. The normalized spacial score (nSPS) is 14.4. The smallest absolute Gasteiger partial charge is 0.227 e. The molecule has 0 spiro atoms. The van der Waals surface area contributed by atoms with E-state index in [0.717, 1.165) is 36.6 Å². The molecule has 104 valence electrons. The topological polar surface area (TPSA) is 46.3 Å². The Morgan fingerprint density at radius 2 is 2.00 bits per heavy atom. The monoisotopic (exact) mass is 260 g/mol. The van der Waals surface area contributed by atoms with Crippen LogP contribution in [0.1, 0.15) is 37.3 Å². The van der Waals surface area contributed by atoms with Crippen LogP contribution in [-0.4, -0.2) is 23.9 Å². The Hall–Kier alpha value is -1.35. The fourth-order valence-corrected chi connectivity index (χ4v) is 2.40. The van der Waals surface area contributed by atoms with Gasteiger partial charge in [-0.15, -0.1) is 0 Å². The summed E-state index contributed by atoms with van der Waals surface area (Å²) in [6, 6.07) is 7.98. The van der Waals surface area contributed by atoms with Crippen LogP contribution in [0.25, 0.3) is 0 Å². The maximum Gasteiger partial charge on any atom is 0.227 e. The molecule has 0 heterocycles. The van der Waals surface area contributed by atoms with Gasteiger partial charge in [0.25, 0.3) is 0 Å². The van der Waals surface area contributed by atoms with Gasteiger partial charge in [-0.05, 0) is 36.3 Å². The first-order valence-corrected chi connectivity index (χ1v) is 7.29. The zero-order valence-electron chi connectivity index (χ0n) is 11.8. The minimum absolute atomic E-state index is 0.245. The van der Waals surface area contributed by atoms with Gasteiger partial charge >= 0.3 is 0 Å². The largest absolute Gasteiger partial charge is 0.342 e. The molecule has 1 fully saturated rings. The average Bonchev–Trinajstić information content (AvgIpc) is 3.23. The third-order valence-electron chi connectivity index (χ3n) is 3.70. The molecule has 1 aliphatic rings. The van der Waals surface area contributed by atoms with Crippen LogP contribution in [0.5, 0.6) is 0 Å². The van der Waals surface area contributed by atoms with Gasteiger partial charge in [0.15, 0.2) is 0 Å². The summed E-state index contributed by atoms with van der Waals surface area (Å²) in [5.41, 5.74) is 7.88. The van der Waals surface area contributed by atoms with E-state index in [4.69, 9.17) is 5.73 Å². The molecule has 1 amide bonds. The van der Waals surface area contributed by atoms with E-state index in [1.54, 1.807) is 0 Å². The quantitative estimate of drug-likeness (QED) is 0.818. The molecule has 1 aromatic carbocycles. The van der Waals surface area contributed by atoms with Crippen LogP contribution in [-0.2, 0) is 17.8 Å². The van der Waals surface area contributed by atoms with Crippen LogP contribution in [0.2, 0.25) is 0 Å². The molecule has 0 saturated heterocycles. The molecule has 3 nitrogen and oxygen atoms in total. The molecule has 3 heteroatoms. The van der Waals surface area contributed by atoms with E-state index in [0.29, 0.717) is 13.0 Å². The van der Waals surface area contributed by atoms with Gasteiger partial charge in [-0.25, -0.2) is 0 Å². The van der Waals surface area contributed by atoms with Crippen molar-refractivity contribution in [2.45, 2.75) is 39.2 Å². The zero-order valence-corrected chi connectivity index (χ0v) is 11.8. The molecule has 1 aromatic rings. The van der Waals surface area contributed by atoms with Crippen LogP contribution in [0.15, 0.2) is 24.3 Å². The van der Waals surface area contributed by atoms with Gasteiger partial charge in [0.05, 0.1) is 6.42 Å². The number of hydrogen-bond acceptors (Lipinski definition) is 2. The molecule has 1 aliphatic carbocycles. The third-order valence-corrected chi connectivity index (χ3v) is 3.70. The third kappa shape index (κ3) is 4.06. The van der Waals surface area contributed by atoms with Crippen molar-refractivity contribution >= 4 is 5.91 Å². The van der Waals surface area contributed by atoms with Gasteiger partial charge in [-0.3, -0.25) is 4.79 Å². The van der Waals surface area contributed by atoms with Gasteiger partial charge < -0.3 is 10.6 Å². The lowest BCUT2D eigenvalue weighted by molar-refractivity contribution is -0.130. The van der Waals surface area contributed by atoms with Crippen molar-refractivity contribution in [2.24, 2.45) is 11.7 Å². The van der Waals surface area contributed by atoms with Crippen molar-refractivity contribution in [2.75, 3.05) is 13.1 Å². The Balaban J connectivity index is 2.00. The van der Waals surface area contributed by atoms with E-state index in [1.165, 1.54) is 12.8 Å². The summed E-state index contributed by atoms with van der Waals surface area (Å²) in [4.78, 5) is 14.5. The minimum Gasteiger partial charge on any atom is -0.342 e. The van der Waals surface area contributed by atoms with Crippen LogP contribution in [0, 0.1) is 5.92 Å². The average molecular weight is 260 g/mol. The molecule has 0 aliphatic heterocycles. The van der Waals surface area contributed by atoms with Gasteiger partial charge in [0, 0.05) is 19.6 Å². The first-order chi connectivity index (χ1) is 9.24. The fourth-order valence-electron chi connectivity index (χ4n) is 2.40. The van der Waals surface area contributed by atoms with Crippen LogP contribution >= 0.6 is 0 Å². The molecule has 19 heavy (non-hydrogen) atoms. The number of hydrogen-bond donors (Lipinski definition) is 1. The molecule has 0 atom stereocenters. The van der Waals surface area contributed by atoms with E-state index in [9.17, 15) is 4.79 Å². The van der Waals surface area contributed by atoms with E-state index in [1.807, 2.05) is 29.2 Å². The van der Waals surface area contributed by atoms with Gasteiger partial charge in [-0.2, -0.15) is 0 Å². The Labute approximate surface area is 115 Å². The number of benzene rings is 1. The summed E-state index contributed by atoms with van der Waals surface area (Å²) in [6.07, 6.45) is 4.08. The maximum atomic E-state index is 12.4. The molecule has 0 bridgehead atoms. The Morgan fingerprint density at radius 3 is 2.58 bits per heavy atom. The van der Waals surface area contributed by atoms with Gasteiger partial charge in [0.2, 0.25) is 5.91 Å². The highest BCUT2D eigenvalue weighted by Crippen LogP contribution is 2.30. The van der Waals surface area contributed by atoms with Crippen molar-refractivity contribution < 1.29 is 4.79 Å². The summed E-state index contributed by atoms with van der Waals surface area (Å²) in [6.45, 7) is 4.44. The first-order valence-electron chi connectivity index (χ1n) is 7.29. The molecule has 1 saturated carbocycles. The number of amides is 1. The van der Waals surface area contributed by atoms with Crippen molar-refractivity contribution in [3.05, 3.63) is 35.4 Å². The van der Waals surface area contributed by atoms with E-state index in [2.05, 4.69) is 6.92 Å². The highest BCUT2D eigenvalue weighted by atomic mass is 16.2. The minimum atomic E-state index is 0.245. The standard InChI is InChI=1S/C16H24N2O/c1-2-9-18(12-13-7-8-13)16(19)10-14-5-3-4-6-15(14)11-17/h3-6,13H,2,7-12,17H2,1H3. The van der Waals surface area contributed by atoms with Gasteiger partial charge in [0.1, 0.15) is 0 Å². The van der Waals surface area contributed by atoms with Crippen LogP contribution < -0.4 is 5.73 Å². The second kappa shape index (κ2) is 6.71. The van der Waals surface area contributed by atoms with E-state index in [-0.39, 0.29) is 5.91 Å². The van der Waals surface area contributed by atoms with Crippen molar-refractivity contribution in [3.8, 4) is 0 Å². The molecule has 0 aromatic heterocycles. The van der Waals surface area contributed by atoms with Crippen molar-refractivity contribution in [1.82, 2.24) is 4.90 Å². The lowest BCUT2D eigenvalue weighted by Gasteiger charge is -2.22. The van der Waals surface area contributed by atoms with Crippen LogP contribution in [0.3, 0.4) is 0 Å². The molecular formula is C16H24N2O. The van der Waals surface area contributed by atoms with Gasteiger partial charge in [-0.1, -0.05) is 31.2 Å². The number of carbonyl (C=O) groups excluding carboxylic acids is 1.